The van der Waals surface area contributed by atoms with Crippen LogP contribution in [0.25, 0.3) is 6.08 Å². The highest BCUT2D eigenvalue weighted by molar-refractivity contribution is 6.11. The van der Waals surface area contributed by atoms with Crippen molar-refractivity contribution in [1.29, 1.82) is 0 Å². The predicted octanol–water partition coefficient (Wildman–Crippen LogP) is 2.88. The maximum Gasteiger partial charge on any atom is 0.318 e. The first-order chi connectivity index (χ1) is 9.63. The maximum absolute atomic E-state index is 11.9. The largest absolute Gasteiger partial charge is 0.480 e. The third-order valence-corrected chi connectivity index (χ3v) is 2.70. The lowest BCUT2D eigenvalue weighted by Crippen LogP contribution is -2.18. The van der Waals surface area contributed by atoms with E-state index in [4.69, 9.17) is 8.83 Å². The first-order valence-corrected chi connectivity index (χ1v) is 5.81. The quantitative estimate of drug-likeness (QED) is 0.818. The van der Waals surface area contributed by atoms with Crippen LogP contribution in [-0.2, 0) is 9.59 Å². The maximum atomic E-state index is 11.9. The number of aliphatic carboxylic acids is 1. The Morgan fingerprint density at radius 3 is 2.40 bits per heavy atom. The number of carboxylic acid groups (broad SMARTS) is 1. The van der Waals surface area contributed by atoms with E-state index in [0.717, 1.165) is 6.08 Å². The van der Waals surface area contributed by atoms with Crippen LogP contribution in [0.3, 0.4) is 0 Å². The lowest BCUT2D eigenvalue weighted by molar-refractivity contribution is -0.138. The van der Waals surface area contributed by atoms with Crippen molar-refractivity contribution in [3.05, 3.63) is 66.5 Å². The molecule has 0 aromatic carbocycles. The van der Waals surface area contributed by atoms with E-state index in [1.165, 1.54) is 24.7 Å². The molecule has 0 saturated heterocycles. The predicted molar refractivity (Wildman–Crippen MR) is 71.0 cm³/mol. The second-order valence-corrected chi connectivity index (χ2v) is 3.97. The van der Waals surface area contributed by atoms with Crippen LogP contribution in [0.1, 0.15) is 17.4 Å². The summed E-state index contributed by atoms with van der Waals surface area (Å²) in [5.41, 5.74) is 0.0254. The lowest BCUT2D eigenvalue weighted by atomic mass is 9.92. The summed E-state index contributed by atoms with van der Waals surface area (Å²) in [5.74, 6) is -2.34. The molecule has 2 aromatic rings. The summed E-state index contributed by atoms with van der Waals surface area (Å²) in [5, 5.41) is 9.37. The number of rotatable bonds is 6. The van der Waals surface area contributed by atoms with Crippen molar-refractivity contribution in [3.63, 3.8) is 0 Å². The molecule has 5 nitrogen and oxygen atoms in total. The zero-order valence-corrected chi connectivity index (χ0v) is 10.5. The lowest BCUT2D eigenvalue weighted by Gasteiger charge is -2.11. The van der Waals surface area contributed by atoms with E-state index in [-0.39, 0.29) is 11.3 Å². The molecule has 0 amide bonds. The summed E-state index contributed by atoms with van der Waals surface area (Å²) in [4.78, 5) is 23.4. The van der Waals surface area contributed by atoms with Gasteiger partial charge in [0.2, 0.25) is 0 Å². The van der Waals surface area contributed by atoms with E-state index in [1.54, 1.807) is 18.2 Å². The minimum Gasteiger partial charge on any atom is -0.480 e. The van der Waals surface area contributed by atoms with Gasteiger partial charge in [0.25, 0.3) is 0 Å². The van der Waals surface area contributed by atoms with E-state index in [9.17, 15) is 14.7 Å². The Hall–Kier alpha value is -2.82. The molecule has 0 fully saturated rings. The van der Waals surface area contributed by atoms with Gasteiger partial charge in [-0.3, -0.25) is 9.59 Å². The molecule has 0 aliphatic carbocycles. The van der Waals surface area contributed by atoms with E-state index in [0.29, 0.717) is 5.76 Å². The van der Waals surface area contributed by atoms with Crippen LogP contribution in [0.4, 0.5) is 0 Å². The summed E-state index contributed by atoms with van der Waals surface area (Å²) >= 11 is 0. The third-order valence-electron chi connectivity index (χ3n) is 2.70. The van der Waals surface area contributed by atoms with Gasteiger partial charge in [-0.2, -0.15) is 0 Å². The number of furan rings is 2. The molecule has 102 valence electrons. The van der Waals surface area contributed by atoms with Crippen LogP contribution in [0.2, 0.25) is 0 Å². The summed E-state index contributed by atoms with van der Waals surface area (Å²) in [6.45, 7) is 3.39. The van der Waals surface area contributed by atoms with Gasteiger partial charge in [0, 0.05) is 5.57 Å². The zero-order valence-electron chi connectivity index (χ0n) is 10.5. The van der Waals surface area contributed by atoms with Gasteiger partial charge >= 0.3 is 5.97 Å². The standard InChI is InChI=1S/C15H12O5/c1-2-12(16)11(9-10-5-3-7-19-10)14(15(17)18)13-6-4-8-20-13/h2-9,14H,1H2,(H,17,18). The van der Waals surface area contributed by atoms with E-state index in [2.05, 4.69) is 6.58 Å². The van der Waals surface area contributed by atoms with E-state index in [1.807, 2.05) is 0 Å². The Kier molecular flexibility index (Phi) is 4.00. The van der Waals surface area contributed by atoms with Gasteiger partial charge < -0.3 is 13.9 Å². The highest BCUT2D eigenvalue weighted by atomic mass is 16.4. The molecular weight excluding hydrogens is 260 g/mol. The van der Waals surface area contributed by atoms with Crippen molar-refractivity contribution < 1.29 is 23.5 Å². The van der Waals surface area contributed by atoms with Crippen molar-refractivity contribution in [2.75, 3.05) is 0 Å². The molecule has 1 N–H and O–H groups in total. The number of carbonyl (C=O) groups is 2. The second-order valence-electron chi connectivity index (χ2n) is 3.97. The molecule has 0 saturated carbocycles. The summed E-state index contributed by atoms with van der Waals surface area (Å²) < 4.78 is 10.2. The third kappa shape index (κ3) is 2.77. The Bertz CT molecular complexity index is 632. The van der Waals surface area contributed by atoms with Crippen molar-refractivity contribution >= 4 is 17.8 Å². The van der Waals surface area contributed by atoms with Gasteiger partial charge in [-0.1, -0.05) is 6.58 Å². The Morgan fingerprint density at radius 1 is 1.20 bits per heavy atom. The topological polar surface area (TPSA) is 80.7 Å². The van der Waals surface area contributed by atoms with Crippen molar-refractivity contribution in [3.8, 4) is 0 Å². The fourth-order valence-electron chi connectivity index (χ4n) is 1.80. The number of hydrogen-bond donors (Lipinski definition) is 1. The van der Waals surface area contributed by atoms with Gasteiger partial charge in [0.1, 0.15) is 17.4 Å². The Labute approximate surface area is 114 Å². The Balaban J connectivity index is 2.51. The van der Waals surface area contributed by atoms with Crippen LogP contribution in [0.5, 0.6) is 0 Å². The van der Waals surface area contributed by atoms with Crippen molar-refractivity contribution in [1.82, 2.24) is 0 Å². The minimum atomic E-state index is -1.21. The van der Waals surface area contributed by atoms with Gasteiger partial charge in [-0.25, -0.2) is 0 Å². The minimum absolute atomic E-state index is 0.0254. The van der Waals surface area contributed by atoms with Gasteiger partial charge in [-0.15, -0.1) is 0 Å². The summed E-state index contributed by atoms with van der Waals surface area (Å²) in [6.07, 6.45) is 5.23. The summed E-state index contributed by atoms with van der Waals surface area (Å²) in [6, 6.07) is 6.33. The molecule has 0 aliphatic rings. The highest BCUT2D eigenvalue weighted by Crippen LogP contribution is 2.28. The second kappa shape index (κ2) is 5.88. The zero-order chi connectivity index (χ0) is 14.5. The number of carbonyl (C=O) groups excluding carboxylic acids is 1. The molecular formula is C15H12O5. The number of ketones is 1. The average molecular weight is 272 g/mol. The molecule has 2 rings (SSSR count). The normalized spacial score (nSPS) is 12.9. The van der Waals surface area contributed by atoms with Crippen LogP contribution < -0.4 is 0 Å². The highest BCUT2D eigenvalue weighted by Gasteiger charge is 2.30. The molecule has 1 unspecified atom stereocenters. The van der Waals surface area contributed by atoms with Gasteiger partial charge in [0.15, 0.2) is 5.78 Å². The molecule has 2 aromatic heterocycles. The molecule has 20 heavy (non-hydrogen) atoms. The molecule has 0 aliphatic heterocycles. The molecule has 2 heterocycles. The van der Waals surface area contributed by atoms with E-state index >= 15 is 0 Å². The molecule has 0 radical (unpaired) electrons. The van der Waals surface area contributed by atoms with Crippen molar-refractivity contribution in [2.45, 2.75) is 5.92 Å². The van der Waals surface area contributed by atoms with Crippen LogP contribution in [0, 0.1) is 0 Å². The van der Waals surface area contributed by atoms with E-state index < -0.39 is 17.7 Å². The fraction of sp³-hybridized carbons (Fsp3) is 0.0667. The monoisotopic (exact) mass is 272 g/mol. The molecule has 0 bridgehead atoms. The number of carboxylic acids is 1. The van der Waals surface area contributed by atoms with Crippen LogP contribution in [0.15, 0.2) is 63.9 Å². The van der Waals surface area contributed by atoms with Gasteiger partial charge in [0.05, 0.1) is 12.5 Å². The number of hydrogen-bond acceptors (Lipinski definition) is 4. The van der Waals surface area contributed by atoms with Gasteiger partial charge in [-0.05, 0) is 36.4 Å². The van der Waals surface area contributed by atoms with Crippen molar-refractivity contribution in [2.24, 2.45) is 0 Å². The van der Waals surface area contributed by atoms with Crippen LogP contribution in [-0.4, -0.2) is 16.9 Å². The number of allylic oxidation sites excluding steroid dienone is 1. The average Bonchev–Trinajstić information content (AvgIpc) is 3.09. The molecule has 0 spiro atoms. The Morgan fingerprint density at radius 2 is 1.90 bits per heavy atom. The SMILES string of the molecule is C=CC(=O)C(=Cc1ccco1)C(C(=O)O)c1ccco1. The first kappa shape index (κ1) is 13.6. The fourth-order valence-corrected chi connectivity index (χ4v) is 1.80. The molecule has 5 heteroatoms. The smallest absolute Gasteiger partial charge is 0.318 e. The summed E-state index contributed by atoms with van der Waals surface area (Å²) in [7, 11) is 0. The molecule has 1 atom stereocenters. The first-order valence-electron chi connectivity index (χ1n) is 5.81. The van der Waals surface area contributed by atoms with Crippen LogP contribution >= 0.6 is 0 Å².